The molecule has 5 rings (SSSR count). The summed E-state index contributed by atoms with van der Waals surface area (Å²) in [6.07, 6.45) is 18.3. The lowest BCUT2D eigenvalue weighted by Gasteiger charge is -2.61. The van der Waals surface area contributed by atoms with Gasteiger partial charge < -0.3 is 4.90 Å². The highest BCUT2D eigenvalue weighted by Crippen LogP contribution is 2.67. The molecule has 1 amide bonds. The van der Waals surface area contributed by atoms with Gasteiger partial charge in [0.2, 0.25) is 5.91 Å². The van der Waals surface area contributed by atoms with Gasteiger partial charge in [0.1, 0.15) is 0 Å². The van der Waals surface area contributed by atoms with Crippen molar-refractivity contribution in [2.24, 2.45) is 39.5 Å². The molecule has 4 aliphatic carbocycles. The lowest BCUT2D eigenvalue weighted by Crippen LogP contribution is -2.55. The molecule has 0 bridgehead atoms. The molecule has 7 atom stereocenters. The van der Waals surface area contributed by atoms with Crippen LogP contribution in [0.1, 0.15) is 77.7 Å². The average Bonchev–Trinajstić information content (AvgIpc) is 3.21. The van der Waals surface area contributed by atoms with E-state index < -0.39 is 0 Å². The van der Waals surface area contributed by atoms with Gasteiger partial charge in [0.15, 0.2) is 0 Å². The highest BCUT2D eigenvalue weighted by molar-refractivity contribution is 5.73. The van der Waals surface area contributed by atoms with Gasteiger partial charge in [-0.3, -0.25) is 14.8 Å². The molecule has 34 heavy (non-hydrogen) atoms. The first-order valence-corrected chi connectivity index (χ1v) is 13.2. The maximum atomic E-state index is 11.9. The lowest BCUT2D eigenvalue weighted by molar-refractivity contribution is -0.136. The van der Waals surface area contributed by atoms with Gasteiger partial charge in [-0.1, -0.05) is 32.6 Å². The third-order valence-electron chi connectivity index (χ3n) is 10.4. The van der Waals surface area contributed by atoms with Crippen molar-refractivity contribution in [3.63, 3.8) is 0 Å². The van der Waals surface area contributed by atoms with Crippen LogP contribution in [-0.2, 0) is 4.79 Å². The summed E-state index contributed by atoms with van der Waals surface area (Å²) < 4.78 is 0. The van der Waals surface area contributed by atoms with E-state index in [4.69, 9.17) is 0 Å². The smallest absolute Gasteiger partial charge is 0.219 e. The Kier molecular flexibility index (Phi) is 7.17. The fourth-order valence-corrected chi connectivity index (χ4v) is 8.38. The standard InChI is InChI=1S/C27H38N2O.C3H5N/c1-18(30)29(4)21-11-13-26(2)20(16-21)7-8-22-24-10-9-23(19-6-5-15-28-17-19)27(24,3)14-12-25(22)26;1-3-4-2/h5-6,9,15,17,20-22,24-25H,7-8,10-14,16H2,1-4H3;3H,1-2H2/t20?,21?,22-,24-,25-,26-,27+;/m0./s1. The zero-order chi connectivity index (χ0) is 24.5. The molecule has 1 aromatic heterocycles. The number of aromatic nitrogens is 1. The SMILES string of the molecule is C=CN=C.CC(=O)N(C)C1CC[C@@]2(C)C(CC[C@@H]3[C@@H]2CC[C@]2(C)C(c4cccnc4)=CC[C@@H]32)C1. The summed E-state index contributed by atoms with van der Waals surface area (Å²) in [5.74, 6) is 3.53. The number of nitrogens with zero attached hydrogens (tertiary/aromatic N) is 3. The van der Waals surface area contributed by atoms with Crippen molar-refractivity contribution in [2.75, 3.05) is 7.05 Å². The molecule has 1 heterocycles. The van der Waals surface area contributed by atoms with Crippen molar-refractivity contribution in [1.29, 1.82) is 0 Å². The van der Waals surface area contributed by atoms with E-state index in [2.05, 4.69) is 61.5 Å². The fourth-order valence-electron chi connectivity index (χ4n) is 8.38. The minimum atomic E-state index is 0.227. The number of hydrogen-bond acceptors (Lipinski definition) is 3. The van der Waals surface area contributed by atoms with Crippen molar-refractivity contribution >= 4 is 18.2 Å². The Hall–Kier alpha value is -2.23. The highest BCUT2D eigenvalue weighted by Gasteiger charge is 2.58. The van der Waals surface area contributed by atoms with Gasteiger partial charge in [-0.05, 0) is 110 Å². The van der Waals surface area contributed by atoms with E-state index in [0.29, 0.717) is 16.9 Å². The Morgan fingerprint density at radius 1 is 1.21 bits per heavy atom. The summed E-state index contributed by atoms with van der Waals surface area (Å²) in [5, 5.41) is 0. The number of aliphatic imine (C=N–C) groups is 1. The Bertz CT molecular complexity index is 934. The summed E-state index contributed by atoms with van der Waals surface area (Å²) in [5.41, 5.74) is 3.70. The summed E-state index contributed by atoms with van der Waals surface area (Å²) in [6, 6.07) is 4.79. The van der Waals surface area contributed by atoms with Gasteiger partial charge in [0.25, 0.3) is 0 Å². The van der Waals surface area contributed by atoms with Crippen LogP contribution >= 0.6 is 0 Å². The second kappa shape index (κ2) is 9.79. The molecular formula is C30H43N3O. The average molecular weight is 462 g/mol. The normalized spacial score (nSPS) is 38.1. The quantitative estimate of drug-likeness (QED) is 0.465. The Labute approximate surface area is 206 Å². The molecule has 0 aliphatic heterocycles. The molecule has 4 heteroatoms. The first kappa shape index (κ1) is 24.9. The predicted octanol–water partition coefficient (Wildman–Crippen LogP) is 6.80. The molecule has 0 N–H and O–H groups in total. The molecule has 3 saturated carbocycles. The van der Waals surface area contributed by atoms with Crippen LogP contribution in [0.2, 0.25) is 0 Å². The molecule has 0 aromatic carbocycles. The lowest BCUT2D eigenvalue weighted by atomic mass is 9.44. The van der Waals surface area contributed by atoms with Crippen molar-refractivity contribution in [2.45, 2.75) is 78.2 Å². The summed E-state index contributed by atoms with van der Waals surface area (Å²) in [7, 11) is 2.01. The second-order valence-corrected chi connectivity index (χ2v) is 11.6. The van der Waals surface area contributed by atoms with Gasteiger partial charge in [-0.15, -0.1) is 0 Å². The minimum absolute atomic E-state index is 0.227. The van der Waals surface area contributed by atoms with E-state index in [0.717, 1.165) is 23.7 Å². The molecule has 1 aromatic rings. The van der Waals surface area contributed by atoms with Crippen LogP contribution in [0.15, 0.2) is 48.4 Å². The van der Waals surface area contributed by atoms with E-state index in [-0.39, 0.29) is 5.91 Å². The molecule has 3 fully saturated rings. The van der Waals surface area contributed by atoms with E-state index in [9.17, 15) is 4.79 Å². The van der Waals surface area contributed by atoms with Gasteiger partial charge in [-0.25, -0.2) is 0 Å². The molecule has 0 radical (unpaired) electrons. The van der Waals surface area contributed by atoms with Crippen LogP contribution in [0, 0.1) is 34.5 Å². The molecule has 0 saturated heterocycles. The van der Waals surface area contributed by atoms with E-state index in [1.807, 2.05) is 18.1 Å². The Morgan fingerprint density at radius 2 is 1.97 bits per heavy atom. The van der Waals surface area contributed by atoms with Crippen LogP contribution in [0.3, 0.4) is 0 Å². The third kappa shape index (κ3) is 4.18. The number of amides is 1. The summed E-state index contributed by atoms with van der Waals surface area (Å²) in [4.78, 5) is 21.6. The molecular weight excluding hydrogens is 418 g/mol. The molecule has 2 unspecified atom stereocenters. The van der Waals surface area contributed by atoms with Gasteiger partial charge in [-0.2, -0.15) is 0 Å². The van der Waals surface area contributed by atoms with Crippen molar-refractivity contribution < 1.29 is 4.79 Å². The number of carbonyl (C=O) groups excluding carboxylic acids is 1. The number of hydrogen-bond donors (Lipinski definition) is 0. The maximum Gasteiger partial charge on any atom is 0.219 e. The zero-order valence-electron chi connectivity index (χ0n) is 21.7. The number of carbonyl (C=O) groups is 1. The number of fused-ring (bicyclic) bond motifs is 5. The molecule has 4 nitrogen and oxygen atoms in total. The number of pyridine rings is 1. The summed E-state index contributed by atoms with van der Waals surface area (Å²) >= 11 is 0. The van der Waals surface area contributed by atoms with Crippen LogP contribution in [0.5, 0.6) is 0 Å². The van der Waals surface area contributed by atoms with Gasteiger partial charge >= 0.3 is 0 Å². The monoisotopic (exact) mass is 461 g/mol. The molecule has 0 spiro atoms. The fraction of sp³-hybridized carbons (Fsp3) is 0.633. The van der Waals surface area contributed by atoms with Crippen LogP contribution in [-0.4, -0.2) is 35.6 Å². The predicted molar refractivity (Wildman–Crippen MR) is 141 cm³/mol. The first-order valence-electron chi connectivity index (χ1n) is 13.2. The largest absolute Gasteiger partial charge is 0.343 e. The minimum Gasteiger partial charge on any atom is -0.343 e. The van der Waals surface area contributed by atoms with Crippen LogP contribution < -0.4 is 0 Å². The topological polar surface area (TPSA) is 45.6 Å². The zero-order valence-corrected chi connectivity index (χ0v) is 21.7. The van der Waals surface area contributed by atoms with E-state index in [1.165, 1.54) is 63.1 Å². The molecule has 184 valence electrons. The van der Waals surface area contributed by atoms with Crippen LogP contribution in [0.4, 0.5) is 0 Å². The van der Waals surface area contributed by atoms with Gasteiger partial charge in [0.05, 0.1) is 0 Å². The van der Waals surface area contributed by atoms with Crippen LogP contribution in [0.25, 0.3) is 5.57 Å². The van der Waals surface area contributed by atoms with Crippen molar-refractivity contribution in [3.05, 3.63) is 48.9 Å². The second-order valence-electron chi connectivity index (χ2n) is 11.6. The van der Waals surface area contributed by atoms with E-state index >= 15 is 0 Å². The van der Waals surface area contributed by atoms with Crippen molar-refractivity contribution in [1.82, 2.24) is 9.88 Å². The van der Waals surface area contributed by atoms with Crippen molar-refractivity contribution in [3.8, 4) is 0 Å². The number of rotatable bonds is 3. The first-order chi connectivity index (χ1) is 16.3. The summed E-state index contributed by atoms with van der Waals surface area (Å²) in [6.45, 7) is 13.2. The van der Waals surface area contributed by atoms with E-state index in [1.54, 1.807) is 12.5 Å². The maximum absolute atomic E-state index is 11.9. The highest BCUT2D eigenvalue weighted by atomic mass is 16.2. The molecule has 4 aliphatic rings. The Morgan fingerprint density at radius 3 is 2.62 bits per heavy atom. The Balaban J connectivity index is 0.000000636. The number of allylic oxidation sites excluding steroid dienone is 2. The van der Waals surface area contributed by atoms with Gasteiger partial charge in [0, 0.05) is 38.6 Å². The third-order valence-corrected chi connectivity index (χ3v) is 10.4.